The highest BCUT2D eigenvalue weighted by atomic mass is 19.2. The van der Waals surface area contributed by atoms with Crippen LogP contribution in [0.15, 0.2) is 71.8 Å². The lowest BCUT2D eigenvalue weighted by Crippen LogP contribution is -2.48. The van der Waals surface area contributed by atoms with Crippen LogP contribution in [0.4, 0.5) is 26.7 Å². The molecule has 2 aliphatic rings. The third kappa shape index (κ3) is 2.73. The van der Waals surface area contributed by atoms with Crippen LogP contribution in [-0.4, -0.2) is 23.0 Å². The maximum atomic E-state index is 14.8. The number of hydrogen-bond acceptors (Lipinski definition) is 2. The number of fused-ring (bicyclic) bond motifs is 3. The molecule has 2 aromatic rings. The molecule has 29 heavy (non-hydrogen) atoms. The molecule has 0 fully saturated rings. The Bertz CT molecular complexity index is 1030. The normalized spacial score (nSPS) is 23.8. The van der Waals surface area contributed by atoms with E-state index in [0.717, 1.165) is 11.1 Å². The first-order valence-electron chi connectivity index (χ1n) is 8.63. The van der Waals surface area contributed by atoms with Crippen LogP contribution in [0.25, 0.3) is 11.1 Å². The smallest absolute Gasteiger partial charge is 0.450 e. The molecule has 150 valence electrons. The van der Waals surface area contributed by atoms with Crippen molar-refractivity contribution in [2.45, 2.75) is 24.1 Å². The fourth-order valence-electron chi connectivity index (χ4n) is 4.08. The summed E-state index contributed by atoms with van der Waals surface area (Å²) < 4.78 is 75.6. The lowest BCUT2D eigenvalue weighted by Gasteiger charge is -2.37. The Morgan fingerprint density at radius 3 is 1.97 bits per heavy atom. The SMILES string of the molecule is O=C(O)O[C@@]1(CC2c3ccccc3-c3ccccc32)C(F)=C(F)C(F)=C(F)[C@H]1F. The Labute approximate surface area is 161 Å². The van der Waals surface area contributed by atoms with Crippen LogP contribution in [0, 0.1) is 0 Å². The standard InChI is InChI=1S/C21H13F5O3/c22-15-16(23)18(25)21(29-20(27)28,19(26)17(15)24)9-14-12-7-3-1-5-10(12)11-6-2-4-8-13(11)14/h1-8,14,18H,9H2,(H,27,28)/t18-,21-/m1/s1. The van der Waals surface area contributed by atoms with Gasteiger partial charge in [-0.3, -0.25) is 0 Å². The van der Waals surface area contributed by atoms with Gasteiger partial charge in [-0.25, -0.2) is 26.7 Å². The van der Waals surface area contributed by atoms with Crippen molar-refractivity contribution < 1.29 is 36.6 Å². The van der Waals surface area contributed by atoms with Gasteiger partial charge in [-0.2, -0.15) is 0 Å². The minimum atomic E-state index is -3.20. The molecule has 0 unspecified atom stereocenters. The number of hydrogen-bond donors (Lipinski definition) is 1. The lowest BCUT2D eigenvalue weighted by atomic mass is 9.78. The van der Waals surface area contributed by atoms with Gasteiger partial charge >= 0.3 is 6.16 Å². The van der Waals surface area contributed by atoms with Crippen molar-refractivity contribution in [1.29, 1.82) is 0 Å². The number of allylic oxidation sites excluding steroid dienone is 2. The van der Waals surface area contributed by atoms with Crippen LogP contribution in [0.2, 0.25) is 0 Å². The van der Waals surface area contributed by atoms with E-state index < -0.39 is 53.6 Å². The van der Waals surface area contributed by atoms with Gasteiger partial charge in [0.05, 0.1) is 0 Å². The molecular weight excluding hydrogens is 395 g/mol. The topological polar surface area (TPSA) is 46.5 Å². The van der Waals surface area contributed by atoms with E-state index >= 15 is 0 Å². The molecule has 0 aromatic heterocycles. The van der Waals surface area contributed by atoms with E-state index in [1.165, 1.54) is 0 Å². The quantitative estimate of drug-likeness (QED) is 0.481. The van der Waals surface area contributed by atoms with Crippen LogP contribution >= 0.6 is 0 Å². The number of ether oxygens (including phenoxy) is 1. The van der Waals surface area contributed by atoms with Gasteiger partial charge in [0.1, 0.15) is 0 Å². The molecular formula is C21H13F5O3. The van der Waals surface area contributed by atoms with Gasteiger partial charge < -0.3 is 9.84 Å². The summed E-state index contributed by atoms with van der Waals surface area (Å²) in [5, 5.41) is 9.04. The van der Waals surface area contributed by atoms with Crippen molar-refractivity contribution in [3.05, 3.63) is 83.0 Å². The van der Waals surface area contributed by atoms with Crippen molar-refractivity contribution >= 4 is 6.16 Å². The molecule has 0 aliphatic heterocycles. The van der Waals surface area contributed by atoms with Crippen molar-refractivity contribution in [3.63, 3.8) is 0 Å². The first-order chi connectivity index (χ1) is 13.8. The number of rotatable bonds is 3. The minimum Gasteiger partial charge on any atom is -0.450 e. The van der Waals surface area contributed by atoms with Gasteiger partial charge in [-0.15, -0.1) is 0 Å². The summed E-state index contributed by atoms with van der Waals surface area (Å²) >= 11 is 0. The van der Waals surface area contributed by atoms with Crippen molar-refractivity contribution in [1.82, 2.24) is 0 Å². The summed E-state index contributed by atoms with van der Waals surface area (Å²) in [6.45, 7) is 0. The van der Waals surface area contributed by atoms with E-state index in [-0.39, 0.29) is 0 Å². The second-order valence-corrected chi connectivity index (χ2v) is 6.84. The molecule has 0 amide bonds. The number of benzene rings is 2. The average Bonchev–Trinajstić information content (AvgIpc) is 3.03. The monoisotopic (exact) mass is 408 g/mol. The van der Waals surface area contributed by atoms with Crippen molar-refractivity contribution in [2.75, 3.05) is 0 Å². The fourth-order valence-corrected chi connectivity index (χ4v) is 4.08. The van der Waals surface area contributed by atoms with Gasteiger partial charge in [0.2, 0.25) is 11.8 Å². The first-order valence-corrected chi connectivity index (χ1v) is 8.63. The molecule has 1 N–H and O–H groups in total. The highest BCUT2D eigenvalue weighted by Gasteiger charge is 2.58. The van der Waals surface area contributed by atoms with Gasteiger partial charge in [-0.05, 0) is 22.3 Å². The summed E-state index contributed by atoms with van der Waals surface area (Å²) in [6.07, 6.45) is -6.13. The van der Waals surface area contributed by atoms with Crippen LogP contribution in [0.5, 0.6) is 0 Å². The molecule has 2 aromatic carbocycles. The fraction of sp³-hybridized carbons (Fsp3) is 0.190. The summed E-state index contributed by atoms with van der Waals surface area (Å²) in [7, 11) is 0. The zero-order valence-electron chi connectivity index (χ0n) is 14.6. The van der Waals surface area contributed by atoms with E-state index in [9.17, 15) is 26.7 Å². The second-order valence-electron chi connectivity index (χ2n) is 6.84. The van der Waals surface area contributed by atoms with E-state index in [0.29, 0.717) is 11.1 Å². The third-order valence-corrected chi connectivity index (χ3v) is 5.34. The largest absolute Gasteiger partial charge is 0.506 e. The Morgan fingerprint density at radius 1 is 0.931 bits per heavy atom. The Balaban J connectivity index is 1.89. The van der Waals surface area contributed by atoms with Crippen molar-refractivity contribution in [2.24, 2.45) is 0 Å². The summed E-state index contributed by atoms with van der Waals surface area (Å²) in [6, 6.07) is 13.7. The van der Waals surface area contributed by atoms with Gasteiger partial charge in [0, 0.05) is 12.3 Å². The van der Waals surface area contributed by atoms with Crippen LogP contribution in [0.1, 0.15) is 23.5 Å². The number of halogens is 5. The molecule has 0 bridgehead atoms. The molecule has 2 atom stereocenters. The molecule has 8 heteroatoms. The van der Waals surface area contributed by atoms with E-state index in [2.05, 4.69) is 4.74 Å². The molecule has 0 saturated heterocycles. The van der Waals surface area contributed by atoms with Crippen LogP contribution in [-0.2, 0) is 4.74 Å². The summed E-state index contributed by atoms with van der Waals surface area (Å²) in [5.41, 5.74) is -0.574. The Kier molecular flexibility index (Phi) is 4.44. The van der Waals surface area contributed by atoms with Crippen LogP contribution < -0.4 is 0 Å². The number of alkyl halides is 1. The zero-order valence-corrected chi connectivity index (χ0v) is 14.6. The van der Waals surface area contributed by atoms with Gasteiger partial charge in [-0.1, -0.05) is 48.5 Å². The molecule has 0 heterocycles. The third-order valence-electron chi connectivity index (χ3n) is 5.34. The maximum absolute atomic E-state index is 14.8. The molecule has 0 saturated carbocycles. The van der Waals surface area contributed by atoms with E-state index in [1.54, 1.807) is 48.5 Å². The van der Waals surface area contributed by atoms with Gasteiger partial charge in [0.15, 0.2) is 23.3 Å². The molecule has 4 rings (SSSR count). The average molecular weight is 408 g/mol. The predicted octanol–water partition coefficient (Wildman–Crippen LogP) is 6.28. The summed E-state index contributed by atoms with van der Waals surface area (Å²) in [4.78, 5) is 11.2. The first kappa shape index (κ1) is 19.2. The minimum absolute atomic E-state index is 0.581. The van der Waals surface area contributed by atoms with Crippen LogP contribution in [0.3, 0.4) is 0 Å². The van der Waals surface area contributed by atoms with Gasteiger partial charge in [0.25, 0.3) is 0 Å². The Morgan fingerprint density at radius 2 is 1.45 bits per heavy atom. The Hall–Kier alpha value is -3.16. The van der Waals surface area contributed by atoms with E-state index in [4.69, 9.17) is 5.11 Å². The molecule has 3 nitrogen and oxygen atoms in total. The zero-order chi connectivity index (χ0) is 20.9. The van der Waals surface area contributed by atoms with E-state index in [1.807, 2.05) is 0 Å². The van der Waals surface area contributed by atoms with Crippen molar-refractivity contribution in [3.8, 4) is 11.1 Å². The predicted molar refractivity (Wildman–Crippen MR) is 93.6 cm³/mol. The summed E-state index contributed by atoms with van der Waals surface area (Å²) in [5.74, 6) is -9.87. The highest BCUT2D eigenvalue weighted by molar-refractivity contribution is 5.79. The molecule has 2 aliphatic carbocycles. The second kappa shape index (κ2) is 6.72. The maximum Gasteiger partial charge on any atom is 0.506 e. The number of carboxylic acid groups (broad SMARTS) is 1. The molecule has 0 radical (unpaired) electrons. The molecule has 0 spiro atoms. The highest BCUT2D eigenvalue weighted by Crippen LogP contribution is 2.54. The number of carbonyl (C=O) groups is 1. The lowest BCUT2D eigenvalue weighted by molar-refractivity contribution is -0.0636.